The van der Waals surface area contributed by atoms with Crippen molar-refractivity contribution >= 4 is 0 Å². The van der Waals surface area contributed by atoms with Crippen LogP contribution in [-0.2, 0) is 12.0 Å². The third-order valence-corrected chi connectivity index (χ3v) is 5.24. The molecule has 4 rings (SSSR count). The smallest absolute Gasteiger partial charge is 0.119 e. The van der Waals surface area contributed by atoms with Crippen molar-refractivity contribution in [1.82, 2.24) is 10.8 Å². The summed E-state index contributed by atoms with van der Waals surface area (Å²) in [6.45, 7) is 1.08. The number of hydroxylamine groups is 1. The van der Waals surface area contributed by atoms with Gasteiger partial charge in [-0.05, 0) is 42.5 Å². The largest absolute Gasteiger partial charge is 0.497 e. The van der Waals surface area contributed by atoms with Gasteiger partial charge in [0.1, 0.15) is 5.75 Å². The van der Waals surface area contributed by atoms with Crippen molar-refractivity contribution in [1.29, 1.82) is 0 Å². The van der Waals surface area contributed by atoms with Crippen LogP contribution in [0.3, 0.4) is 0 Å². The number of fused-ring (bicyclic) bond motifs is 3. The van der Waals surface area contributed by atoms with Gasteiger partial charge in [-0.3, -0.25) is 0 Å². The summed E-state index contributed by atoms with van der Waals surface area (Å²) in [6.07, 6.45) is 3.10. The van der Waals surface area contributed by atoms with Crippen LogP contribution in [0.2, 0.25) is 0 Å². The highest BCUT2D eigenvalue weighted by atomic mass is 16.5. The van der Waals surface area contributed by atoms with E-state index in [1.54, 1.807) is 7.11 Å². The van der Waals surface area contributed by atoms with Gasteiger partial charge in [0.05, 0.1) is 12.6 Å². The van der Waals surface area contributed by atoms with Crippen molar-refractivity contribution in [3.63, 3.8) is 0 Å². The second-order valence-electron chi connectivity index (χ2n) is 6.07. The van der Waals surface area contributed by atoms with E-state index in [2.05, 4.69) is 22.9 Å². The zero-order valence-electron chi connectivity index (χ0n) is 10.5. The molecule has 18 heavy (non-hydrogen) atoms. The molecule has 1 aliphatic heterocycles. The molecule has 0 radical (unpaired) electrons. The quantitative estimate of drug-likeness (QED) is 0.686. The predicted octanol–water partition coefficient (Wildman–Crippen LogP) is 1.18. The molecule has 2 aliphatic carbocycles. The van der Waals surface area contributed by atoms with Crippen LogP contribution in [0.5, 0.6) is 5.75 Å². The van der Waals surface area contributed by atoms with Gasteiger partial charge in [0.15, 0.2) is 0 Å². The van der Waals surface area contributed by atoms with Gasteiger partial charge in [-0.1, -0.05) is 6.07 Å². The zero-order valence-corrected chi connectivity index (χ0v) is 10.5. The van der Waals surface area contributed by atoms with Crippen LogP contribution in [0.1, 0.15) is 24.0 Å². The van der Waals surface area contributed by atoms with E-state index >= 15 is 0 Å². The molecular formula is C14H18N2O2. The van der Waals surface area contributed by atoms with E-state index in [4.69, 9.17) is 4.74 Å². The van der Waals surface area contributed by atoms with Gasteiger partial charge in [-0.25, -0.2) is 0 Å². The Kier molecular flexibility index (Phi) is 1.95. The molecule has 1 spiro atoms. The van der Waals surface area contributed by atoms with Crippen LogP contribution in [0.4, 0.5) is 0 Å². The first-order valence-electron chi connectivity index (χ1n) is 6.53. The van der Waals surface area contributed by atoms with Gasteiger partial charge in [0.2, 0.25) is 0 Å². The van der Waals surface area contributed by atoms with Gasteiger partial charge in [-0.2, -0.15) is 5.48 Å². The van der Waals surface area contributed by atoms with E-state index in [-0.39, 0.29) is 5.54 Å². The highest BCUT2D eigenvalue weighted by Gasteiger charge is 2.63. The Morgan fingerprint density at radius 1 is 1.50 bits per heavy atom. The maximum absolute atomic E-state index is 9.72. The van der Waals surface area contributed by atoms with E-state index in [0.717, 1.165) is 31.6 Å². The summed E-state index contributed by atoms with van der Waals surface area (Å²) in [5.74, 6) is 0.867. The first kappa shape index (κ1) is 10.8. The fourth-order valence-electron chi connectivity index (χ4n) is 4.29. The average molecular weight is 246 g/mol. The molecule has 0 amide bonds. The third-order valence-electron chi connectivity index (χ3n) is 5.24. The lowest BCUT2D eigenvalue weighted by Crippen LogP contribution is -2.60. The maximum Gasteiger partial charge on any atom is 0.119 e. The lowest BCUT2D eigenvalue weighted by atomic mass is 9.66. The summed E-state index contributed by atoms with van der Waals surface area (Å²) in [5.41, 5.74) is 5.26. The zero-order chi connectivity index (χ0) is 12.4. The molecular weight excluding hydrogens is 228 g/mol. The van der Waals surface area contributed by atoms with E-state index in [9.17, 15) is 5.21 Å². The Morgan fingerprint density at radius 2 is 2.39 bits per heavy atom. The van der Waals surface area contributed by atoms with Crippen molar-refractivity contribution in [2.45, 2.75) is 30.8 Å². The number of ether oxygens (including phenoxy) is 1. The number of rotatable bonds is 2. The topological polar surface area (TPSA) is 53.5 Å². The average Bonchev–Trinajstić information content (AvgIpc) is 2.59. The van der Waals surface area contributed by atoms with Gasteiger partial charge in [0.25, 0.3) is 0 Å². The lowest BCUT2D eigenvalue weighted by Gasteiger charge is -2.48. The molecule has 3 N–H and O–H groups in total. The molecule has 2 fully saturated rings. The second-order valence-corrected chi connectivity index (χ2v) is 6.07. The van der Waals surface area contributed by atoms with Crippen molar-refractivity contribution < 1.29 is 9.94 Å². The van der Waals surface area contributed by atoms with Crippen molar-refractivity contribution in [3.8, 4) is 5.75 Å². The van der Waals surface area contributed by atoms with E-state index in [1.165, 1.54) is 11.1 Å². The fraction of sp³-hybridized carbons (Fsp3) is 0.571. The monoisotopic (exact) mass is 246 g/mol. The molecule has 4 heteroatoms. The van der Waals surface area contributed by atoms with Crippen LogP contribution in [0, 0.1) is 5.41 Å². The molecule has 1 heterocycles. The summed E-state index contributed by atoms with van der Waals surface area (Å²) >= 11 is 0. The molecule has 96 valence electrons. The van der Waals surface area contributed by atoms with E-state index in [0.29, 0.717) is 11.5 Å². The molecule has 0 aromatic heterocycles. The third kappa shape index (κ3) is 1.11. The van der Waals surface area contributed by atoms with Crippen LogP contribution < -0.4 is 15.5 Å². The van der Waals surface area contributed by atoms with E-state index in [1.807, 2.05) is 6.07 Å². The molecule has 2 unspecified atom stereocenters. The van der Waals surface area contributed by atoms with E-state index < -0.39 is 0 Å². The van der Waals surface area contributed by atoms with Gasteiger partial charge < -0.3 is 15.3 Å². The summed E-state index contributed by atoms with van der Waals surface area (Å²) in [5, 5.41) is 13.2. The van der Waals surface area contributed by atoms with Crippen molar-refractivity contribution in [2.75, 3.05) is 13.7 Å². The molecule has 1 saturated carbocycles. The van der Waals surface area contributed by atoms with Gasteiger partial charge in [-0.15, -0.1) is 0 Å². The molecule has 1 saturated heterocycles. The first-order chi connectivity index (χ1) is 8.71. The Morgan fingerprint density at radius 3 is 3.06 bits per heavy atom. The van der Waals surface area contributed by atoms with Crippen molar-refractivity contribution in [2.24, 2.45) is 5.41 Å². The lowest BCUT2D eigenvalue weighted by molar-refractivity contribution is 0.0429. The summed E-state index contributed by atoms with van der Waals surface area (Å²) in [7, 11) is 1.69. The fourth-order valence-corrected chi connectivity index (χ4v) is 4.29. The van der Waals surface area contributed by atoms with Gasteiger partial charge >= 0.3 is 0 Å². The Bertz CT molecular complexity index is 519. The summed E-state index contributed by atoms with van der Waals surface area (Å²) < 4.78 is 5.32. The molecule has 1 aromatic carbocycles. The van der Waals surface area contributed by atoms with Crippen LogP contribution in [0.25, 0.3) is 0 Å². The Hall–Kier alpha value is -1.10. The molecule has 3 atom stereocenters. The number of hydrogen-bond donors (Lipinski definition) is 3. The Balaban J connectivity index is 1.88. The number of nitrogens with one attached hydrogen (secondary N) is 2. The predicted molar refractivity (Wildman–Crippen MR) is 66.8 cm³/mol. The standard InChI is InChI=1S/C14H18N2O2/c1-18-10-3-2-9-5-13-7-14(16-17,11(9)4-10)6-12(13)15-8-13/h2-4,12,15-17H,5-8H2,1H3/t12?,13?,14-/m0/s1. The van der Waals surface area contributed by atoms with Crippen LogP contribution >= 0.6 is 0 Å². The maximum atomic E-state index is 9.72. The molecule has 2 bridgehead atoms. The highest BCUT2D eigenvalue weighted by molar-refractivity contribution is 5.46. The highest BCUT2D eigenvalue weighted by Crippen LogP contribution is 2.59. The normalized spacial score (nSPS) is 39.8. The Labute approximate surface area is 106 Å². The number of hydrogen-bond acceptors (Lipinski definition) is 4. The molecule has 4 nitrogen and oxygen atoms in total. The minimum atomic E-state index is -0.281. The minimum absolute atomic E-state index is 0.281. The molecule has 1 aromatic rings. The number of benzene rings is 1. The summed E-state index contributed by atoms with van der Waals surface area (Å²) in [4.78, 5) is 0. The second kappa shape index (κ2) is 3.26. The van der Waals surface area contributed by atoms with Crippen molar-refractivity contribution in [3.05, 3.63) is 29.3 Å². The first-order valence-corrected chi connectivity index (χ1v) is 6.53. The van der Waals surface area contributed by atoms with Gasteiger partial charge in [0, 0.05) is 18.0 Å². The van der Waals surface area contributed by atoms with Crippen LogP contribution in [0.15, 0.2) is 18.2 Å². The summed E-state index contributed by atoms with van der Waals surface area (Å²) in [6, 6.07) is 6.79. The SMILES string of the molecule is COc1ccc2c(c1)[C@]1(NO)CC3NCC3(C2)C1. The molecule has 3 aliphatic rings. The minimum Gasteiger partial charge on any atom is -0.497 e. The number of methoxy groups -OCH3 is 1. The van der Waals surface area contributed by atoms with Crippen LogP contribution in [-0.4, -0.2) is 24.9 Å².